The second-order valence-corrected chi connectivity index (χ2v) is 7.05. The summed E-state index contributed by atoms with van der Waals surface area (Å²) in [7, 11) is 1.51. The summed E-state index contributed by atoms with van der Waals surface area (Å²) in [6.07, 6.45) is -4.51. The van der Waals surface area contributed by atoms with Crippen LogP contribution in [-0.2, 0) is 19.3 Å². The summed E-state index contributed by atoms with van der Waals surface area (Å²) in [6.45, 7) is 7.13. The van der Waals surface area contributed by atoms with Crippen molar-refractivity contribution in [2.24, 2.45) is 4.99 Å². The van der Waals surface area contributed by atoms with Gasteiger partial charge in [0.2, 0.25) is 5.89 Å². The Balaban J connectivity index is 2.08. The molecule has 154 valence electrons. The lowest BCUT2D eigenvalue weighted by Crippen LogP contribution is -2.36. The third-order valence-corrected chi connectivity index (χ3v) is 3.46. The normalized spacial score (nSPS) is 12.8. The molecule has 0 atom stereocenters. The van der Waals surface area contributed by atoms with Crippen molar-refractivity contribution < 1.29 is 22.4 Å². The van der Waals surface area contributed by atoms with Crippen molar-refractivity contribution in [3.05, 3.63) is 41.0 Å². The Bertz CT molecular complexity index is 825. The first kappa shape index (κ1) is 21.5. The minimum Gasteiger partial charge on any atom is -0.488 e. The summed E-state index contributed by atoms with van der Waals surface area (Å²) in [5.41, 5.74) is -1.28. The van der Waals surface area contributed by atoms with E-state index >= 15 is 0 Å². The molecule has 2 aromatic rings. The van der Waals surface area contributed by atoms with Crippen LogP contribution in [0.25, 0.3) is 0 Å². The number of ether oxygens (including phenoxy) is 1. The monoisotopic (exact) mass is 399 g/mol. The molecule has 0 saturated heterocycles. The molecular formula is C18H24F3N5O2. The van der Waals surface area contributed by atoms with E-state index in [1.807, 2.05) is 0 Å². The number of hydrogen-bond acceptors (Lipinski definition) is 5. The highest BCUT2D eigenvalue weighted by molar-refractivity contribution is 5.79. The van der Waals surface area contributed by atoms with Crippen LogP contribution in [0, 0.1) is 6.92 Å². The fourth-order valence-corrected chi connectivity index (χ4v) is 2.36. The fourth-order valence-electron chi connectivity index (χ4n) is 2.36. The largest absolute Gasteiger partial charge is 0.488 e. The maximum absolute atomic E-state index is 13.5. The van der Waals surface area contributed by atoms with E-state index in [0.717, 1.165) is 6.07 Å². The van der Waals surface area contributed by atoms with Crippen molar-refractivity contribution in [1.82, 2.24) is 20.8 Å². The van der Waals surface area contributed by atoms with Crippen LogP contribution < -0.4 is 15.4 Å². The number of aliphatic imine (C=N–C) groups is 1. The van der Waals surface area contributed by atoms with Gasteiger partial charge in [0.05, 0.1) is 12.1 Å². The number of aryl methyl sites for hydroxylation is 1. The van der Waals surface area contributed by atoms with Gasteiger partial charge in [-0.2, -0.15) is 18.2 Å². The van der Waals surface area contributed by atoms with E-state index in [-0.39, 0.29) is 24.4 Å². The molecule has 1 aromatic carbocycles. The van der Waals surface area contributed by atoms with E-state index in [2.05, 4.69) is 25.8 Å². The van der Waals surface area contributed by atoms with Crippen molar-refractivity contribution in [3.8, 4) is 5.75 Å². The van der Waals surface area contributed by atoms with E-state index in [4.69, 9.17) is 9.26 Å². The number of halogens is 3. The van der Waals surface area contributed by atoms with Gasteiger partial charge in [0, 0.05) is 13.6 Å². The lowest BCUT2D eigenvalue weighted by molar-refractivity contribution is -0.138. The van der Waals surface area contributed by atoms with Crippen molar-refractivity contribution in [2.45, 2.75) is 52.6 Å². The maximum Gasteiger partial charge on any atom is 0.416 e. The van der Waals surface area contributed by atoms with Gasteiger partial charge in [-0.15, -0.1) is 0 Å². The Morgan fingerprint density at radius 3 is 2.39 bits per heavy atom. The molecule has 0 aliphatic carbocycles. The summed E-state index contributed by atoms with van der Waals surface area (Å²) >= 11 is 0. The summed E-state index contributed by atoms with van der Waals surface area (Å²) in [5, 5.41) is 9.42. The smallest absolute Gasteiger partial charge is 0.416 e. The van der Waals surface area contributed by atoms with E-state index in [1.54, 1.807) is 27.7 Å². The maximum atomic E-state index is 13.5. The molecule has 0 saturated carbocycles. The lowest BCUT2D eigenvalue weighted by Gasteiger charge is -2.23. The minimum atomic E-state index is -4.51. The molecule has 0 bridgehead atoms. The van der Waals surface area contributed by atoms with E-state index < -0.39 is 17.3 Å². The van der Waals surface area contributed by atoms with Crippen LogP contribution in [0.5, 0.6) is 5.75 Å². The van der Waals surface area contributed by atoms with Gasteiger partial charge in [-0.3, -0.25) is 4.99 Å². The van der Waals surface area contributed by atoms with Crippen LogP contribution in [0.2, 0.25) is 0 Å². The van der Waals surface area contributed by atoms with Gasteiger partial charge >= 0.3 is 6.18 Å². The molecule has 0 spiro atoms. The van der Waals surface area contributed by atoms with Gasteiger partial charge in [-0.25, -0.2) is 0 Å². The molecule has 7 nitrogen and oxygen atoms in total. The number of hydrogen-bond donors (Lipinski definition) is 2. The van der Waals surface area contributed by atoms with Crippen molar-refractivity contribution in [3.63, 3.8) is 0 Å². The number of nitrogens with zero attached hydrogens (tertiary/aromatic N) is 3. The average molecular weight is 399 g/mol. The second kappa shape index (κ2) is 8.49. The van der Waals surface area contributed by atoms with E-state index in [9.17, 15) is 13.2 Å². The molecule has 0 aliphatic rings. The van der Waals surface area contributed by atoms with Crippen LogP contribution in [-0.4, -0.2) is 28.7 Å². The van der Waals surface area contributed by atoms with Crippen molar-refractivity contribution >= 4 is 5.96 Å². The minimum absolute atomic E-state index is 0.0744. The molecule has 0 unspecified atom stereocenters. The first-order chi connectivity index (χ1) is 13.0. The van der Waals surface area contributed by atoms with Gasteiger partial charge in [0.15, 0.2) is 11.8 Å². The second-order valence-electron chi connectivity index (χ2n) is 7.05. The standard InChI is InChI=1S/C18H24F3N5O2/c1-11-25-15(28-26-11)10-24-16(22-5)23-9-12-6-7-13(27-17(2,3)4)8-14(12)18(19,20)21/h6-8H,9-10H2,1-5H3,(H2,22,23,24). The Kier molecular flexibility index (Phi) is 6.52. The highest BCUT2D eigenvalue weighted by Gasteiger charge is 2.34. The zero-order chi connectivity index (χ0) is 20.9. The quantitative estimate of drug-likeness (QED) is 0.592. The lowest BCUT2D eigenvalue weighted by atomic mass is 10.1. The highest BCUT2D eigenvalue weighted by Crippen LogP contribution is 2.35. The third-order valence-electron chi connectivity index (χ3n) is 3.46. The summed E-state index contributed by atoms with van der Waals surface area (Å²) in [5.74, 6) is 1.31. The number of benzene rings is 1. The van der Waals surface area contributed by atoms with Gasteiger partial charge in [0.1, 0.15) is 11.4 Å². The molecular weight excluding hydrogens is 375 g/mol. The molecule has 10 heteroatoms. The summed E-state index contributed by atoms with van der Waals surface area (Å²) in [4.78, 5) is 8.02. The Labute approximate surface area is 161 Å². The molecule has 2 N–H and O–H groups in total. The Morgan fingerprint density at radius 1 is 1.18 bits per heavy atom. The first-order valence-electron chi connectivity index (χ1n) is 8.61. The molecule has 0 amide bonds. The molecule has 0 radical (unpaired) electrons. The fraction of sp³-hybridized carbons (Fsp3) is 0.500. The van der Waals surface area contributed by atoms with Crippen molar-refractivity contribution in [2.75, 3.05) is 7.05 Å². The molecule has 1 heterocycles. The predicted molar refractivity (Wildman–Crippen MR) is 97.9 cm³/mol. The highest BCUT2D eigenvalue weighted by atomic mass is 19.4. The van der Waals surface area contributed by atoms with Crippen LogP contribution in [0.4, 0.5) is 13.2 Å². The van der Waals surface area contributed by atoms with Crippen molar-refractivity contribution in [1.29, 1.82) is 0 Å². The van der Waals surface area contributed by atoms with E-state index in [1.165, 1.54) is 19.2 Å². The summed E-state index contributed by atoms with van der Waals surface area (Å²) in [6, 6.07) is 3.93. The predicted octanol–water partition coefficient (Wildman–Crippen LogP) is 3.44. The molecule has 2 rings (SSSR count). The zero-order valence-electron chi connectivity index (χ0n) is 16.4. The molecule has 28 heavy (non-hydrogen) atoms. The van der Waals surface area contributed by atoms with Crippen LogP contribution >= 0.6 is 0 Å². The number of aromatic nitrogens is 2. The van der Waals surface area contributed by atoms with Crippen LogP contribution in [0.15, 0.2) is 27.7 Å². The Hall–Kier alpha value is -2.78. The van der Waals surface area contributed by atoms with Gasteiger partial charge in [0.25, 0.3) is 0 Å². The van der Waals surface area contributed by atoms with Crippen LogP contribution in [0.3, 0.4) is 0 Å². The molecule has 1 aromatic heterocycles. The topological polar surface area (TPSA) is 84.6 Å². The number of guanidine groups is 1. The van der Waals surface area contributed by atoms with Gasteiger partial charge in [-0.1, -0.05) is 11.2 Å². The average Bonchev–Trinajstić information content (AvgIpc) is 2.99. The number of rotatable bonds is 5. The summed E-state index contributed by atoms with van der Waals surface area (Å²) < 4.78 is 51.0. The van der Waals surface area contributed by atoms with Crippen LogP contribution in [0.1, 0.15) is 43.6 Å². The van der Waals surface area contributed by atoms with Gasteiger partial charge in [-0.05, 0) is 45.4 Å². The number of alkyl halides is 3. The third kappa shape index (κ3) is 6.43. The van der Waals surface area contributed by atoms with E-state index in [0.29, 0.717) is 17.7 Å². The Morgan fingerprint density at radius 2 is 1.86 bits per heavy atom. The first-order valence-corrected chi connectivity index (χ1v) is 8.61. The number of nitrogens with one attached hydrogen (secondary N) is 2. The molecule has 0 aliphatic heterocycles. The molecule has 0 fully saturated rings. The zero-order valence-corrected chi connectivity index (χ0v) is 16.4. The van der Waals surface area contributed by atoms with Gasteiger partial charge < -0.3 is 19.9 Å². The SMILES string of the molecule is CN=C(NCc1nc(C)no1)NCc1ccc(OC(C)(C)C)cc1C(F)(F)F.